The second kappa shape index (κ2) is 8.50. The highest BCUT2D eigenvalue weighted by Crippen LogP contribution is 2.35. The molecule has 0 unspecified atom stereocenters. The van der Waals surface area contributed by atoms with Crippen LogP contribution in [-0.2, 0) is 6.18 Å². The Morgan fingerprint density at radius 2 is 1.53 bits per heavy atom. The average molecular weight is 438 g/mol. The molecule has 0 aliphatic heterocycles. The van der Waals surface area contributed by atoms with E-state index in [1.54, 1.807) is 0 Å². The Labute approximate surface area is 172 Å². The number of benzene rings is 2. The van der Waals surface area contributed by atoms with E-state index in [0.29, 0.717) is 0 Å². The van der Waals surface area contributed by atoms with Crippen LogP contribution >= 0.6 is 11.6 Å². The summed E-state index contributed by atoms with van der Waals surface area (Å²) in [6, 6.07) is 10.6. The van der Waals surface area contributed by atoms with Gasteiger partial charge in [0.15, 0.2) is 5.82 Å². The highest BCUT2D eigenvalue weighted by molar-refractivity contribution is 6.29. The number of anilines is 2. The second-order valence-electron chi connectivity index (χ2n) is 5.99. The number of rotatable bonds is 4. The zero-order valence-electron chi connectivity index (χ0n) is 14.9. The lowest BCUT2D eigenvalue weighted by Crippen LogP contribution is -2.19. The Bertz CT molecular complexity index is 1100. The van der Waals surface area contributed by atoms with Crippen molar-refractivity contribution in [1.82, 2.24) is 4.98 Å². The number of nitrogens with zero attached hydrogens (tertiary/aromatic N) is 1. The fourth-order valence-corrected chi connectivity index (χ4v) is 2.65. The van der Waals surface area contributed by atoms with Crippen molar-refractivity contribution >= 4 is 34.8 Å². The third-order valence-corrected chi connectivity index (χ3v) is 4.19. The van der Waals surface area contributed by atoms with Crippen LogP contribution in [0.1, 0.15) is 26.3 Å². The highest BCUT2D eigenvalue weighted by Gasteiger charge is 2.33. The number of amides is 2. The summed E-state index contributed by atoms with van der Waals surface area (Å²) in [5.74, 6) is -2.92. The summed E-state index contributed by atoms with van der Waals surface area (Å²) in [7, 11) is 0. The van der Waals surface area contributed by atoms with Crippen molar-refractivity contribution in [2.75, 3.05) is 10.6 Å². The number of halogens is 5. The van der Waals surface area contributed by atoms with Crippen molar-refractivity contribution in [3.8, 4) is 0 Å². The third-order valence-electron chi connectivity index (χ3n) is 3.96. The summed E-state index contributed by atoms with van der Waals surface area (Å²) in [5, 5.41) is 4.50. The number of hydrogen-bond acceptors (Lipinski definition) is 3. The number of aromatic nitrogens is 1. The van der Waals surface area contributed by atoms with Crippen molar-refractivity contribution in [3.05, 3.63) is 88.5 Å². The molecule has 5 nitrogen and oxygen atoms in total. The molecule has 1 aromatic heterocycles. The van der Waals surface area contributed by atoms with Gasteiger partial charge in [-0.05, 0) is 36.4 Å². The Morgan fingerprint density at radius 3 is 2.20 bits per heavy atom. The monoisotopic (exact) mass is 437 g/mol. The highest BCUT2D eigenvalue weighted by atomic mass is 35.5. The number of carbonyl (C=O) groups excluding carboxylic acids is 2. The van der Waals surface area contributed by atoms with Gasteiger partial charge in [0.05, 0.1) is 28.1 Å². The standard InChI is InChI=1S/C20H12ClF4N3O2/c21-16-9-8-11(10-26-16)18(29)28-15-7-3-4-12(17(15)22)19(30)27-14-6-2-1-5-13(14)20(23,24)25/h1-10H,(H,27,30)(H,28,29). The van der Waals surface area contributed by atoms with Crippen LogP contribution in [0.5, 0.6) is 0 Å². The summed E-state index contributed by atoms with van der Waals surface area (Å²) in [6.07, 6.45) is -3.52. The maximum atomic E-state index is 14.8. The van der Waals surface area contributed by atoms with Crippen LogP contribution in [0.3, 0.4) is 0 Å². The molecule has 2 aromatic carbocycles. The summed E-state index contributed by atoms with van der Waals surface area (Å²) in [5.41, 5.74) is -2.37. The minimum Gasteiger partial charge on any atom is -0.321 e. The lowest BCUT2D eigenvalue weighted by Gasteiger charge is -2.14. The summed E-state index contributed by atoms with van der Waals surface area (Å²) in [6.45, 7) is 0. The van der Waals surface area contributed by atoms with E-state index in [1.165, 1.54) is 42.6 Å². The number of hydrogen-bond donors (Lipinski definition) is 2. The van der Waals surface area contributed by atoms with Crippen LogP contribution in [0.25, 0.3) is 0 Å². The minimum atomic E-state index is -4.70. The second-order valence-corrected chi connectivity index (χ2v) is 6.38. The quantitative estimate of drug-likeness (QED) is 0.424. The molecule has 3 aromatic rings. The minimum absolute atomic E-state index is 0.0905. The molecule has 0 radical (unpaired) electrons. The molecular weight excluding hydrogens is 426 g/mol. The van der Waals surface area contributed by atoms with Crippen LogP contribution < -0.4 is 10.6 Å². The van der Waals surface area contributed by atoms with Crippen LogP contribution in [-0.4, -0.2) is 16.8 Å². The molecule has 2 amide bonds. The molecule has 0 spiro atoms. The van der Waals surface area contributed by atoms with Crippen LogP contribution in [0.4, 0.5) is 28.9 Å². The molecule has 1 heterocycles. The number of nitrogens with one attached hydrogen (secondary N) is 2. The van der Waals surface area contributed by atoms with Gasteiger partial charge in [-0.2, -0.15) is 13.2 Å². The van der Waals surface area contributed by atoms with Crippen molar-refractivity contribution in [2.45, 2.75) is 6.18 Å². The Balaban J connectivity index is 1.84. The van der Waals surface area contributed by atoms with Gasteiger partial charge in [-0.15, -0.1) is 0 Å². The van der Waals surface area contributed by atoms with Gasteiger partial charge in [-0.25, -0.2) is 9.37 Å². The summed E-state index contributed by atoms with van der Waals surface area (Å²) in [4.78, 5) is 28.4. The molecule has 0 atom stereocenters. The van der Waals surface area contributed by atoms with Gasteiger partial charge >= 0.3 is 6.18 Å². The molecule has 10 heteroatoms. The van der Waals surface area contributed by atoms with E-state index in [2.05, 4.69) is 15.6 Å². The largest absolute Gasteiger partial charge is 0.418 e. The summed E-state index contributed by atoms with van der Waals surface area (Å²) < 4.78 is 54.0. The first-order valence-electron chi connectivity index (χ1n) is 8.36. The summed E-state index contributed by atoms with van der Waals surface area (Å²) >= 11 is 5.65. The maximum Gasteiger partial charge on any atom is 0.418 e. The molecule has 30 heavy (non-hydrogen) atoms. The molecule has 0 aliphatic rings. The normalized spacial score (nSPS) is 11.1. The van der Waals surface area contributed by atoms with Crippen LogP contribution in [0, 0.1) is 5.82 Å². The average Bonchev–Trinajstić information content (AvgIpc) is 2.69. The first-order valence-corrected chi connectivity index (χ1v) is 8.73. The van der Waals surface area contributed by atoms with Gasteiger partial charge in [0, 0.05) is 6.20 Å². The first-order chi connectivity index (χ1) is 14.2. The van der Waals surface area contributed by atoms with Gasteiger partial charge in [-0.3, -0.25) is 9.59 Å². The third kappa shape index (κ3) is 4.74. The fraction of sp³-hybridized carbons (Fsp3) is 0.0500. The van der Waals surface area contributed by atoms with E-state index in [0.717, 1.165) is 18.2 Å². The number of carbonyl (C=O) groups is 2. The Morgan fingerprint density at radius 1 is 0.867 bits per heavy atom. The van der Waals surface area contributed by atoms with Crippen molar-refractivity contribution in [1.29, 1.82) is 0 Å². The van der Waals surface area contributed by atoms with E-state index in [9.17, 15) is 27.2 Å². The molecule has 0 saturated heterocycles. The maximum absolute atomic E-state index is 14.8. The van der Waals surface area contributed by atoms with E-state index in [4.69, 9.17) is 11.6 Å². The lowest BCUT2D eigenvalue weighted by molar-refractivity contribution is -0.136. The van der Waals surface area contributed by atoms with Crippen LogP contribution in [0.15, 0.2) is 60.8 Å². The number of pyridine rings is 1. The molecule has 0 saturated carbocycles. The molecule has 154 valence electrons. The number of alkyl halides is 3. The van der Waals surface area contributed by atoms with E-state index >= 15 is 0 Å². The van der Waals surface area contributed by atoms with Crippen LogP contribution in [0.2, 0.25) is 5.15 Å². The van der Waals surface area contributed by atoms with Gasteiger partial charge in [0.1, 0.15) is 5.15 Å². The molecule has 0 fully saturated rings. The van der Waals surface area contributed by atoms with Gasteiger partial charge in [-0.1, -0.05) is 29.8 Å². The zero-order chi connectivity index (χ0) is 21.9. The predicted molar refractivity (Wildman–Crippen MR) is 103 cm³/mol. The molecule has 0 aliphatic carbocycles. The molecule has 0 bridgehead atoms. The van der Waals surface area contributed by atoms with Gasteiger partial charge in [0.2, 0.25) is 0 Å². The predicted octanol–water partition coefficient (Wildman–Crippen LogP) is 5.40. The SMILES string of the molecule is O=C(Nc1cccc(C(=O)Nc2ccccc2C(F)(F)F)c1F)c1ccc(Cl)nc1. The van der Waals surface area contributed by atoms with Crippen molar-refractivity contribution in [3.63, 3.8) is 0 Å². The van der Waals surface area contributed by atoms with Gasteiger partial charge < -0.3 is 10.6 Å². The first kappa shape index (κ1) is 21.3. The molecule has 2 N–H and O–H groups in total. The van der Waals surface area contributed by atoms with E-state index in [-0.39, 0.29) is 16.4 Å². The fourth-order valence-electron chi connectivity index (χ4n) is 2.54. The topological polar surface area (TPSA) is 71.1 Å². The van der Waals surface area contributed by atoms with Gasteiger partial charge in [0.25, 0.3) is 11.8 Å². The number of para-hydroxylation sites is 1. The Kier molecular flexibility index (Phi) is 6.02. The van der Waals surface area contributed by atoms with Crippen molar-refractivity contribution in [2.24, 2.45) is 0 Å². The molecular formula is C20H12ClF4N3O2. The zero-order valence-corrected chi connectivity index (χ0v) is 15.7. The van der Waals surface area contributed by atoms with E-state index in [1.807, 2.05) is 0 Å². The van der Waals surface area contributed by atoms with E-state index < -0.39 is 40.6 Å². The lowest BCUT2D eigenvalue weighted by atomic mass is 10.1. The Hall–Kier alpha value is -3.46. The molecule has 3 rings (SSSR count). The van der Waals surface area contributed by atoms with Crippen molar-refractivity contribution < 1.29 is 27.2 Å². The smallest absolute Gasteiger partial charge is 0.321 e.